The van der Waals surface area contributed by atoms with Crippen molar-refractivity contribution in [3.8, 4) is 0 Å². The van der Waals surface area contributed by atoms with Crippen LogP contribution in [-0.2, 0) is 10.0 Å². The fraction of sp³-hybridized carbons (Fsp3) is 0.538. The van der Waals surface area contributed by atoms with E-state index in [2.05, 4.69) is 29.1 Å². The Morgan fingerprint density at radius 2 is 1.83 bits per heavy atom. The lowest BCUT2D eigenvalue weighted by atomic mass is 10.0. The van der Waals surface area contributed by atoms with Gasteiger partial charge in [-0.25, -0.2) is 13.1 Å². The van der Waals surface area contributed by atoms with Crippen molar-refractivity contribution in [1.82, 2.24) is 10.0 Å². The Balaban J connectivity index is 2.12. The molecule has 1 rings (SSSR count). The monoisotopic (exact) mass is 270 g/mol. The second-order valence-corrected chi connectivity index (χ2v) is 6.37. The van der Waals surface area contributed by atoms with E-state index in [1.807, 2.05) is 18.2 Å². The first kappa shape index (κ1) is 15.1. The second kappa shape index (κ2) is 7.51. The summed E-state index contributed by atoms with van der Waals surface area (Å²) >= 11 is 0. The van der Waals surface area contributed by atoms with Crippen LogP contribution in [0, 0.1) is 0 Å². The molecule has 5 heteroatoms. The molecule has 0 bridgehead atoms. The molecule has 1 atom stereocenters. The molecule has 0 aliphatic rings. The van der Waals surface area contributed by atoms with Crippen molar-refractivity contribution < 1.29 is 8.42 Å². The molecule has 102 valence electrons. The molecule has 1 aromatic carbocycles. The van der Waals surface area contributed by atoms with Gasteiger partial charge in [0.1, 0.15) is 0 Å². The largest absolute Gasteiger partial charge is 0.316 e. The molecule has 0 aliphatic carbocycles. The molecule has 1 unspecified atom stereocenters. The topological polar surface area (TPSA) is 58.2 Å². The van der Waals surface area contributed by atoms with Crippen LogP contribution in [0.3, 0.4) is 0 Å². The Morgan fingerprint density at radius 3 is 2.44 bits per heavy atom. The molecule has 0 saturated carbocycles. The Kier molecular flexibility index (Phi) is 6.32. The normalized spacial score (nSPS) is 13.4. The average Bonchev–Trinajstić information content (AvgIpc) is 2.33. The van der Waals surface area contributed by atoms with Crippen LogP contribution in [0.25, 0.3) is 0 Å². The van der Waals surface area contributed by atoms with Crippen LogP contribution in [0.2, 0.25) is 0 Å². The Hall–Kier alpha value is -0.910. The SMILES string of the molecule is CC(CNCCCNS(C)(=O)=O)c1ccccc1. The van der Waals surface area contributed by atoms with E-state index < -0.39 is 10.0 Å². The van der Waals surface area contributed by atoms with Crippen molar-refractivity contribution in [2.24, 2.45) is 0 Å². The minimum atomic E-state index is -3.05. The predicted molar refractivity (Wildman–Crippen MR) is 75.2 cm³/mol. The van der Waals surface area contributed by atoms with Gasteiger partial charge >= 0.3 is 0 Å². The predicted octanol–water partition coefficient (Wildman–Crippen LogP) is 1.32. The van der Waals surface area contributed by atoms with Crippen molar-refractivity contribution in [2.75, 3.05) is 25.9 Å². The standard InChI is InChI=1S/C13H22N2O2S/c1-12(13-7-4-3-5-8-13)11-14-9-6-10-15-18(2,16)17/h3-5,7-8,12,14-15H,6,9-11H2,1-2H3. The van der Waals surface area contributed by atoms with Crippen molar-refractivity contribution in [2.45, 2.75) is 19.3 Å². The van der Waals surface area contributed by atoms with Crippen molar-refractivity contribution in [3.05, 3.63) is 35.9 Å². The zero-order valence-electron chi connectivity index (χ0n) is 11.0. The zero-order valence-corrected chi connectivity index (χ0v) is 11.8. The van der Waals surface area contributed by atoms with Gasteiger partial charge in [0.15, 0.2) is 0 Å². The molecule has 0 aromatic heterocycles. The smallest absolute Gasteiger partial charge is 0.208 e. The maximum Gasteiger partial charge on any atom is 0.208 e. The zero-order chi connectivity index (χ0) is 13.4. The lowest BCUT2D eigenvalue weighted by molar-refractivity contribution is 0.570. The summed E-state index contributed by atoms with van der Waals surface area (Å²) in [4.78, 5) is 0. The summed E-state index contributed by atoms with van der Waals surface area (Å²) in [6, 6.07) is 10.3. The van der Waals surface area contributed by atoms with E-state index in [1.165, 1.54) is 11.8 Å². The summed E-state index contributed by atoms with van der Waals surface area (Å²) < 4.78 is 24.1. The van der Waals surface area contributed by atoms with Crippen molar-refractivity contribution >= 4 is 10.0 Å². The van der Waals surface area contributed by atoms with Crippen molar-refractivity contribution in [1.29, 1.82) is 0 Å². The van der Waals surface area contributed by atoms with Crippen LogP contribution in [0.1, 0.15) is 24.8 Å². The molecule has 0 amide bonds. The van der Waals surface area contributed by atoms with E-state index in [0.29, 0.717) is 12.5 Å². The quantitative estimate of drug-likeness (QED) is 0.700. The summed E-state index contributed by atoms with van der Waals surface area (Å²) in [5, 5.41) is 3.34. The third-order valence-corrected chi connectivity index (χ3v) is 3.44. The van der Waals surface area contributed by atoms with Gasteiger partial charge in [-0.3, -0.25) is 0 Å². The summed E-state index contributed by atoms with van der Waals surface area (Å²) in [6.45, 7) is 4.39. The highest BCUT2D eigenvalue weighted by Gasteiger charge is 2.03. The van der Waals surface area contributed by atoms with Gasteiger partial charge < -0.3 is 5.32 Å². The molecule has 0 radical (unpaired) electrons. The lowest BCUT2D eigenvalue weighted by Crippen LogP contribution is -2.27. The fourth-order valence-electron chi connectivity index (χ4n) is 1.69. The maximum absolute atomic E-state index is 10.8. The Morgan fingerprint density at radius 1 is 1.17 bits per heavy atom. The van der Waals surface area contributed by atoms with Gasteiger partial charge in [-0.2, -0.15) is 0 Å². The van der Waals surface area contributed by atoms with E-state index >= 15 is 0 Å². The maximum atomic E-state index is 10.8. The summed E-state index contributed by atoms with van der Waals surface area (Å²) in [5.41, 5.74) is 1.32. The number of hydrogen-bond donors (Lipinski definition) is 2. The van der Waals surface area contributed by atoms with Crippen LogP contribution < -0.4 is 10.0 Å². The van der Waals surface area contributed by atoms with Gasteiger partial charge in [0.25, 0.3) is 0 Å². The van der Waals surface area contributed by atoms with E-state index in [-0.39, 0.29) is 0 Å². The lowest BCUT2D eigenvalue weighted by Gasteiger charge is -2.12. The first-order valence-corrected chi connectivity index (χ1v) is 8.08. The number of benzene rings is 1. The van der Waals surface area contributed by atoms with Crippen LogP contribution in [0.15, 0.2) is 30.3 Å². The third-order valence-electron chi connectivity index (χ3n) is 2.71. The highest BCUT2D eigenvalue weighted by atomic mass is 32.2. The highest BCUT2D eigenvalue weighted by Crippen LogP contribution is 2.12. The Bertz CT molecular complexity index is 432. The molecule has 0 heterocycles. The average molecular weight is 270 g/mol. The molecule has 2 N–H and O–H groups in total. The van der Waals surface area contributed by atoms with E-state index in [0.717, 1.165) is 19.5 Å². The summed E-state index contributed by atoms with van der Waals surface area (Å²) in [6.07, 6.45) is 1.98. The van der Waals surface area contributed by atoms with Gasteiger partial charge in [0, 0.05) is 13.1 Å². The molecule has 0 fully saturated rings. The van der Waals surface area contributed by atoms with E-state index in [4.69, 9.17) is 0 Å². The minimum absolute atomic E-state index is 0.467. The first-order chi connectivity index (χ1) is 8.49. The molecule has 4 nitrogen and oxygen atoms in total. The fourth-order valence-corrected chi connectivity index (χ4v) is 2.20. The van der Waals surface area contributed by atoms with Gasteiger partial charge in [0.2, 0.25) is 10.0 Å². The van der Waals surface area contributed by atoms with Crippen LogP contribution in [0.5, 0.6) is 0 Å². The van der Waals surface area contributed by atoms with Gasteiger partial charge in [-0.05, 0) is 24.4 Å². The van der Waals surface area contributed by atoms with Crippen molar-refractivity contribution in [3.63, 3.8) is 0 Å². The molecule has 1 aromatic rings. The van der Waals surface area contributed by atoms with E-state index in [1.54, 1.807) is 0 Å². The van der Waals surface area contributed by atoms with Crippen LogP contribution in [-0.4, -0.2) is 34.3 Å². The van der Waals surface area contributed by atoms with Gasteiger partial charge in [0.05, 0.1) is 6.26 Å². The molecular formula is C13H22N2O2S. The molecule has 0 spiro atoms. The second-order valence-electron chi connectivity index (χ2n) is 4.54. The molecule has 18 heavy (non-hydrogen) atoms. The number of rotatable bonds is 8. The molecule has 0 aliphatic heterocycles. The molecular weight excluding hydrogens is 248 g/mol. The summed E-state index contributed by atoms with van der Waals surface area (Å²) in [5.74, 6) is 0.467. The van der Waals surface area contributed by atoms with E-state index in [9.17, 15) is 8.42 Å². The number of sulfonamides is 1. The van der Waals surface area contributed by atoms with Crippen LogP contribution in [0.4, 0.5) is 0 Å². The first-order valence-electron chi connectivity index (χ1n) is 6.19. The highest BCUT2D eigenvalue weighted by molar-refractivity contribution is 7.88. The van der Waals surface area contributed by atoms with Gasteiger partial charge in [-0.15, -0.1) is 0 Å². The van der Waals surface area contributed by atoms with Gasteiger partial charge in [-0.1, -0.05) is 37.3 Å². The third kappa shape index (κ3) is 6.74. The van der Waals surface area contributed by atoms with Crippen LogP contribution >= 0.6 is 0 Å². The number of nitrogens with one attached hydrogen (secondary N) is 2. The molecule has 0 saturated heterocycles. The minimum Gasteiger partial charge on any atom is -0.316 e. The Labute approximate surface area is 110 Å². The number of hydrogen-bond acceptors (Lipinski definition) is 3. The summed E-state index contributed by atoms with van der Waals surface area (Å²) in [7, 11) is -3.05.